The fraction of sp³-hybridized carbons (Fsp3) is 0. The van der Waals surface area contributed by atoms with Crippen LogP contribution < -0.4 is 0 Å². The maximum Gasteiger partial charge on any atom is 0.340 e. The topological polar surface area (TPSA) is 63.6 Å². The summed E-state index contributed by atoms with van der Waals surface area (Å²) in [6.07, 6.45) is 2.81. The zero-order valence-electron chi connectivity index (χ0n) is 7.86. The number of carboxylic acids is 1. The van der Waals surface area contributed by atoms with Crippen LogP contribution in [0.25, 0.3) is 21.9 Å². The van der Waals surface area contributed by atoms with E-state index in [0.717, 1.165) is 0 Å². The first-order chi connectivity index (χ1) is 7.70. The molecule has 5 heteroatoms. The van der Waals surface area contributed by atoms with Crippen molar-refractivity contribution in [2.45, 2.75) is 0 Å². The van der Waals surface area contributed by atoms with Gasteiger partial charge in [-0.05, 0) is 12.1 Å². The normalized spacial score (nSPS) is 11.3. The molecule has 0 aliphatic carbocycles. The second kappa shape index (κ2) is 3.02. The largest absolute Gasteiger partial charge is 0.478 e. The summed E-state index contributed by atoms with van der Waals surface area (Å²) in [4.78, 5) is 11.2. The molecule has 0 atom stereocenters. The first-order valence-corrected chi connectivity index (χ1v) is 4.87. The Morgan fingerprint density at radius 3 is 2.44 bits per heavy atom. The predicted octanol–water partition coefficient (Wildman–Crippen LogP) is 3.53. The lowest BCUT2D eigenvalue weighted by molar-refractivity contribution is 0.0700. The molecule has 3 rings (SSSR count). The first kappa shape index (κ1) is 9.30. The lowest BCUT2D eigenvalue weighted by atomic mass is 10.1. The molecule has 16 heavy (non-hydrogen) atoms. The van der Waals surface area contributed by atoms with Gasteiger partial charge in [-0.25, -0.2) is 4.79 Å². The highest BCUT2D eigenvalue weighted by Gasteiger charge is 2.21. The summed E-state index contributed by atoms with van der Waals surface area (Å²) in [6, 6.07) is 3.18. The predicted molar refractivity (Wildman–Crippen MR) is 58.0 cm³/mol. The molecule has 0 bridgehead atoms. The van der Waals surface area contributed by atoms with Crippen LogP contribution in [0, 0.1) is 0 Å². The Bertz CT molecular complexity index is 655. The third-order valence-corrected chi connectivity index (χ3v) is 2.85. The van der Waals surface area contributed by atoms with E-state index in [0.29, 0.717) is 21.4 Å². The smallest absolute Gasteiger partial charge is 0.340 e. The van der Waals surface area contributed by atoms with Crippen LogP contribution >= 0.6 is 11.6 Å². The monoisotopic (exact) mass is 236 g/mol. The van der Waals surface area contributed by atoms with Crippen molar-refractivity contribution in [3.8, 4) is 0 Å². The number of carbonyl (C=O) groups is 1. The summed E-state index contributed by atoms with van der Waals surface area (Å²) in [5, 5.41) is 10.5. The van der Waals surface area contributed by atoms with Crippen LogP contribution in [0.3, 0.4) is 0 Å². The summed E-state index contributed by atoms with van der Waals surface area (Å²) in [6.45, 7) is 0. The van der Waals surface area contributed by atoms with E-state index in [1.54, 1.807) is 12.1 Å². The molecule has 0 amide bonds. The molecule has 2 aromatic heterocycles. The molecule has 0 radical (unpaired) electrons. The number of fused-ring (bicyclic) bond motifs is 2. The van der Waals surface area contributed by atoms with Crippen molar-refractivity contribution >= 4 is 39.5 Å². The number of halogens is 1. The standard InChI is InChI=1S/C11H5ClO4/c12-8-6-2-4-15-9(6)7(11(13)14)5-1-3-16-10(5)8/h1-4H,(H,13,14). The molecule has 0 spiro atoms. The number of carboxylic acid groups (broad SMARTS) is 1. The Morgan fingerprint density at radius 1 is 1.12 bits per heavy atom. The number of benzene rings is 1. The van der Waals surface area contributed by atoms with Crippen LogP contribution in [-0.2, 0) is 0 Å². The molecular weight excluding hydrogens is 232 g/mol. The van der Waals surface area contributed by atoms with Crippen molar-refractivity contribution in [2.75, 3.05) is 0 Å². The van der Waals surface area contributed by atoms with Gasteiger partial charge < -0.3 is 13.9 Å². The van der Waals surface area contributed by atoms with Gasteiger partial charge in [0, 0.05) is 10.8 Å². The van der Waals surface area contributed by atoms with Gasteiger partial charge in [-0.2, -0.15) is 0 Å². The Morgan fingerprint density at radius 2 is 1.75 bits per heavy atom. The van der Waals surface area contributed by atoms with Crippen molar-refractivity contribution < 1.29 is 18.7 Å². The summed E-state index contributed by atoms with van der Waals surface area (Å²) >= 11 is 6.09. The summed E-state index contributed by atoms with van der Waals surface area (Å²) < 4.78 is 10.3. The SMILES string of the molecule is O=C(O)c1c2ccoc2c(Cl)c2ccoc12. The lowest BCUT2D eigenvalue weighted by Crippen LogP contribution is -1.97. The molecule has 0 aliphatic rings. The highest BCUT2D eigenvalue weighted by atomic mass is 35.5. The molecule has 2 heterocycles. The molecule has 1 N–H and O–H groups in total. The van der Waals surface area contributed by atoms with Gasteiger partial charge in [0.1, 0.15) is 5.56 Å². The molecular formula is C11H5ClO4. The van der Waals surface area contributed by atoms with Gasteiger partial charge in [-0.15, -0.1) is 0 Å². The molecule has 1 aromatic carbocycles. The summed E-state index contributed by atoms with van der Waals surface area (Å²) in [7, 11) is 0. The third-order valence-electron chi connectivity index (χ3n) is 2.48. The number of furan rings is 2. The Balaban J connectivity index is 2.67. The number of hydrogen-bond acceptors (Lipinski definition) is 3. The van der Waals surface area contributed by atoms with Crippen LogP contribution in [0.15, 0.2) is 33.5 Å². The fourth-order valence-electron chi connectivity index (χ4n) is 1.81. The molecule has 0 saturated heterocycles. The lowest BCUT2D eigenvalue weighted by Gasteiger charge is -2.00. The molecule has 3 aromatic rings. The van der Waals surface area contributed by atoms with Crippen molar-refractivity contribution in [1.82, 2.24) is 0 Å². The van der Waals surface area contributed by atoms with Gasteiger partial charge in [0.05, 0.1) is 17.5 Å². The Labute approximate surface area is 94.0 Å². The number of hydrogen-bond donors (Lipinski definition) is 1. The average Bonchev–Trinajstić information content (AvgIpc) is 2.84. The zero-order valence-corrected chi connectivity index (χ0v) is 8.62. The van der Waals surface area contributed by atoms with Crippen molar-refractivity contribution in [3.63, 3.8) is 0 Å². The molecule has 4 nitrogen and oxygen atoms in total. The zero-order chi connectivity index (χ0) is 11.3. The van der Waals surface area contributed by atoms with E-state index >= 15 is 0 Å². The Kier molecular flexibility index (Phi) is 1.76. The van der Waals surface area contributed by atoms with Gasteiger partial charge >= 0.3 is 5.97 Å². The van der Waals surface area contributed by atoms with E-state index < -0.39 is 5.97 Å². The molecule has 0 saturated carbocycles. The summed E-state index contributed by atoms with van der Waals surface area (Å²) in [5.41, 5.74) is 0.715. The molecule has 0 fully saturated rings. The van der Waals surface area contributed by atoms with Crippen LogP contribution in [0.1, 0.15) is 10.4 Å². The molecule has 0 unspecified atom stereocenters. The van der Waals surface area contributed by atoms with E-state index in [1.807, 2.05) is 0 Å². The van der Waals surface area contributed by atoms with Crippen molar-refractivity contribution in [3.05, 3.63) is 35.2 Å². The summed E-state index contributed by atoms with van der Waals surface area (Å²) in [5.74, 6) is -1.07. The average molecular weight is 237 g/mol. The van der Waals surface area contributed by atoms with Gasteiger partial charge in [-0.3, -0.25) is 0 Å². The highest BCUT2D eigenvalue weighted by molar-refractivity contribution is 6.41. The first-order valence-electron chi connectivity index (χ1n) is 4.49. The van der Waals surface area contributed by atoms with E-state index in [4.69, 9.17) is 25.5 Å². The fourth-order valence-corrected chi connectivity index (χ4v) is 2.10. The number of aromatic carboxylic acids is 1. The molecule has 0 aliphatic heterocycles. The van der Waals surface area contributed by atoms with Crippen LogP contribution in [0.4, 0.5) is 0 Å². The van der Waals surface area contributed by atoms with E-state index in [2.05, 4.69) is 0 Å². The number of rotatable bonds is 1. The van der Waals surface area contributed by atoms with Crippen LogP contribution in [0.5, 0.6) is 0 Å². The van der Waals surface area contributed by atoms with E-state index in [1.165, 1.54) is 12.5 Å². The van der Waals surface area contributed by atoms with Crippen LogP contribution in [-0.4, -0.2) is 11.1 Å². The highest BCUT2D eigenvalue weighted by Crippen LogP contribution is 2.37. The van der Waals surface area contributed by atoms with Gasteiger partial charge in [0.15, 0.2) is 11.2 Å². The second-order valence-electron chi connectivity index (χ2n) is 3.32. The van der Waals surface area contributed by atoms with Gasteiger partial charge in [-0.1, -0.05) is 11.6 Å². The van der Waals surface area contributed by atoms with E-state index in [-0.39, 0.29) is 11.1 Å². The Hall–Kier alpha value is -1.94. The minimum atomic E-state index is -1.07. The van der Waals surface area contributed by atoms with Crippen molar-refractivity contribution in [1.29, 1.82) is 0 Å². The van der Waals surface area contributed by atoms with Crippen molar-refractivity contribution in [2.24, 2.45) is 0 Å². The maximum atomic E-state index is 11.2. The maximum absolute atomic E-state index is 11.2. The van der Waals surface area contributed by atoms with Crippen LogP contribution in [0.2, 0.25) is 5.02 Å². The third kappa shape index (κ3) is 1.02. The van der Waals surface area contributed by atoms with Gasteiger partial charge in [0.2, 0.25) is 0 Å². The van der Waals surface area contributed by atoms with E-state index in [9.17, 15) is 4.79 Å². The minimum Gasteiger partial charge on any atom is -0.478 e. The van der Waals surface area contributed by atoms with Gasteiger partial charge in [0.25, 0.3) is 0 Å². The quantitative estimate of drug-likeness (QED) is 0.702. The second-order valence-corrected chi connectivity index (χ2v) is 3.70. The molecule has 80 valence electrons. The minimum absolute atomic E-state index is 0.0770.